The highest BCUT2D eigenvalue weighted by Gasteiger charge is 2.63. The number of aromatic nitrogens is 1. The molecule has 2 aromatic rings. The number of benzene rings is 1. The number of hydrogen-bond acceptors (Lipinski definition) is 11. The minimum atomic E-state index is -4.92. The lowest BCUT2D eigenvalue weighted by Gasteiger charge is -2.33. The number of amides is 2. The summed E-state index contributed by atoms with van der Waals surface area (Å²) in [6.45, 7) is 5.87. The Labute approximate surface area is 334 Å². The molecule has 0 radical (unpaired) electrons. The van der Waals surface area contributed by atoms with Crippen LogP contribution >= 0.6 is 0 Å². The normalized spacial score (nSPS) is 29.7. The van der Waals surface area contributed by atoms with Crippen LogP contribution in [0.4, 0.5) is 17.6 Å². The average molecular weight is 840 g/mol. The number of ketones is 1. The molecule has 1 aromatic carbocycles. The Morgan fingerprint density at radius 1 is 1.14 bits per heavy atom. The van der Waals surface area contributed by atoms with E-state index in [2.05, 4.69) is 9.71 Å². The van der Waals surface area contributed by atoms with Gasteiger partial charge in [0.25, 0.3) is 0 Å². The number of halogens is 4. The number of rotatable bonds is 9. The summed E-state index contributed by atoms with van der Waals surface area (Å²) < 4.78 is 106. The first-order chi connectivity index (χ1) is 27.0. The highest BCUT2D eigenvalue weighted by molar-refractivity contribution is 7.91. The Morgan fingerprint density at radius 3 is 2.50 bits per heavy atom. The van der Waals surface area contributed by atoms with Crippen LogP contribution < -0.4 is 14.2 Å². The predicted molar refractivity (Wildman–Crippen MR) is 200 cm³/mol. The largest absolute Gasteiger partial charge is 0.494 e. The molecule has 318 valence electrons. The van der Waals surface area contributed by atoms with Crippen LogP contribution in [0.2, 0.25) is 0 Å². The van der Waals surface area contributed by atoms with Crippen molar-refractivity contribution in [1.82, 2.24) is 14.6 Å². The van der Waals surface area contributed by atoms with Crippen molar-refractivity contribution in [2.45, 2.75) is 127 Å². The van der Waals surface area contributed by atoms with Gasteiger partial charge in [-0.15, -0.1) is 0 Å². The number of carbonyl (C=O) groups excluding carboxylic acids is 4. The maximum absolute atomic E-state index is 14.9. The van der Waals surface area contributed by atoms with Crippen LogP contribution in [-0.4, -0.2) is 96.4 Å². The summed E-state index contributed by atoms with van der Waals surface area (Å²) >= 11 is 0. The zero-order valence-corrected chi connectivity index (χ0v) is 34.0. The molecular weight excluding hydrogens is 791 g/mol. The average Bonchev–Trinajstić information content (AvgIpc) is 4.01. The standard InChI is InChI=1S/C40H49F4N3O10S/c1-22-9-7-8-10-25-19-39(25,36(51)46-58(52,53)38(5)12-13-38)20-31(48)30-16-26(56-34-28-17-29(41)32(54-6)15-24(28)11-14-45-34)21-47(30)35(50)27(23(2)55-22)18-33(49)57-37(3,4)40(42,43)44/h8,10-11,14-15,17,22-23,25-27,30H,7,9,12-13,16,18-21H2,1-6H3,(H,46,51)/b10-8-/t22-,23+,25-,26-,27+,30+,39-/m1/s1. The Bertz CT molecular complexity index is 2110. The van der Waals surface area contributed by atoms with Crippen molar-refractivity contribution in [1.29, 1.82) is 0 Å². The molecule has 0 spiro atoms. The van der Waals surface area contributed by atoms with E-state index >= 15 is 0 Å². The van der Waals surface area contributed by atoms with Crippen LogP contribution in [0.1, 0.15) is 86.0 Å². The van der Waals surface area contributed by atoms with Gasteiger partial charge in [-0.1, -0.05) is 12.2 Å². The van der Waals surface area contributed by atoms with Crippen molar-refractivity contribution in [2.75, 3.05) is 13.7 Å². The number of allylic oxidation sites excluding steroid dienone is 2. The lowest BCUT2D eigenvalue weighted by Crippen LogP contribution is -2.49. The van der Waals surface area contributed by atoms with Gasteiger partial charge in [-0.05, 0) is 96.2 Å². The summed E-state index contributed by atoms with van der Waals surface area (Å²) in [5.74, 6) is -6.22. The molecule has 3 heterocycles. The molecule has 4 aliphatic rings. The van der Waals surface area contributed by atoms with E-state index in [0.717, 1.165) is 0 Å². The summed E-state index contributed by atoms with van der Waals surface area (Å²) in [6, 6.07) is 2.93. The van der Waals surface area contributed by atoms with Gasteiger partial charge in [0, 0.05) is 24.4 Å². The number of sulfonamides is 1. The summed E-state index contributed by atoms with van der Waals surface area (Å²) in [5.41, 5.74) is -4.33. The van der Waals surface area contributed by atoms with Gasteiger partial charge in [0.2, 0.25) is 33.3 Å². The number of carbonyl (C=O) groups is 4. The zero-order chi connectivity index (χ0) is 42.6. The van der Waals surface area contributed by atoms with Gasteiger partial charge in [-0.3, -0.25) is 23.9 Å². The fourth-order valence-electron chi connectivity index (χ4n) is 7.69. The Kier molecular flexibility index (Phi) is 11.7. The Morgan fingerprint density at radius 2 is 1.84 bits per heavy atom. The number of Topliss-reactive ketones (excluding diaryl/α,β-unsaturated/α-hetero) is 1. The van der Waals surface area contributed by atoms with Crippen molar-refractivity contribution >= 4 is 44.4 Å². The predicted octanol–water partition coefficient (Wildman–Crippen LogP) is 5.73. The molecule has 13 nitrogen and oxygen atoms in total. The molecule has 18 heteroatoms. The number of ether oxygens (including phenoxy) is 4. The first kappa shape index (κ1) is 43.3. The maximum Gasteiger partial charge on any atom is 0.427 e. The lowest BCUT2D eigenvalue weighted by atomic mass is 9.90. The fraction of sp³-hybridized carbons (Fsp3) is 0.625. The topological polar surface area (TPSA) is 168 Å². The molecular formula is C40H49F4N3O10S. The highest BCUT2D eigenvalue weighted by Crippen LogP contribution is 2.57. The molecule has 2 aliphatic heterocycles. The minimum absolute atomic E-state index is 0.0197. The van der Waals surface area contributed by atoms with Crippen molar-refractivity contribution in [3.8, 4) is 11.6 Å². The molecule has 6 rings (SSSR count). The molecule has 2 aliphatic carbocycles. The molecule has 0 bridgehead atoms. The van der Waals surface area contributed by atoms with Gasteiger partial charge >= 0.3 is 12.1 Å². The van der Waals surface area contributed by atoms with E-state index in [9.17, 15) is 45.2 Å². The van der Waals surface area contributed by atoms with E-state index in [0.29, 0.717) is 44.9 Å². The molecule has 1 N–H and O–H groups in total. The molecule has 7 atom stereocenters. The van der Waals surface area contributed by atoms with E-state index in [1.54, 1.807) is 19.1 Å². The third kappa shape index (κ3) is 8.68. The van der Waals surface area contributed by atoms with E-state index in [1.807, 2.05) is 6.08 Å². The second kappa shape index (κ2) is 15.7. The van der Waals surface area contributed by atoms with E-state index in [4.69, 9.17) is 18.9 Å². The van der Waals surface area contributed by atoms with Crippen molar-refractivity contribution in [3.63, 3.8) is 0 Å². The third-order valence-electron chi connectivity index (χ3n) is 12.0. The number of fused-ring (bicyclic) bond motifs is 3. The molecule has 1 aromatic heterocycles. The minimum Gasteiger partial charge on any atom is -0.494 e. The zero-order valence-electron chi connectivity index (χ0n) is 33.2. The quantitative estimate of drug-likeness (QED) is 0.186. The van der Waals surface area contributed by atoms with Crippen molar-refractivity contribution in [3.05, 3.63) is 42.4 Å². The smallest absolute Gasteiger partial charge is 0.427 e. The Hall–Kier alpha value is -4.32. The van der Waals surface area contributed by atoms with Crippen molar-refractivity contribution in [2.24, 2.45) is 17.3 Å². The van der Waals surface area contributed by atoms with Crippen LogP contribution in [0, 0.1) is 23.1 Å². The molecule has 2 saturated carbocycles. The second-order valence-corrected chi connectivity index (χ2v) is 18.9. The fourth-order valence-corrected chi connectivity index (χ4v) is 9.02. The van der Waals surface area contributed by atoms with Crippen LogP contribution in [0.15, 0.2) is 36.5 Å². The number of methoxy groups -OCH3 is 1. The van der Waals surface area contributed by atoms with Gasteiger partial charge in [-0.25, -0.2) is 17.8 Å². The molecule has 3 fully saturated rings. The summed E-state index contributed by atoms with van der Waals surface area (Å²) in [5, 5.41) is 0.778. The van der Waals surface area contributed by atoms with Crippen molar-refractivity contribution < 1.29 is 64.1 Å². The van der Waals surface area contributed by atoms with Gasteiger partial charge in [0.1, 0.15) is 6.10 Å². The molecule has 58 heavy (non-hydrogen) atoms. The number of esters is 1. The van der Waals surface area contributed by atoms with Crippen LogP contribution in [0.5, 0.6) is 11.6 Å². The van der Waals surface area contributed by atoms with Gasteiger partial charge in [0.15, 0.2) is 17.3 Å². The van der Waals surface area contributed by atoms with Gasteiger partial charge in [-0.2, -0.15) is 13.2 Å². The van der Waals surface area contributed by atoms with E-state index in [1.165, 1.54) is 44.2 Å². The third-order valence-corrected chi connectivity index (χ3v) is 14.1. The highest BCUT2D eigenvalue weighted by atomic mass is 32.2. The summed E-state index contributed by atoms with van der Waals surface area (Å²) in [6.07, 6.45) is -2.09. The summed E-state index contributed by atoms with van der Waals surface area (Å²) in [4.78, 5) is 61.8. The van der Waals surface area contributed by atoms with Crippen LogP contribution in [0.25, 0.3) is 10.8 Å². The monoisotopic (exact) mass is 839 g/mol. The molecule has 0 unspecified atom stereocenters. The SMILES string of the molecule is COc1cc2ccnc(O[C@@H]3C[C@H]4C(=O)C[C@]5(C(=O)NS(=O)(=O)C6(C)CC6)C[C@H]5/C=C\CC[C@@H](C)O[C@@H](C)[C@H](CC(=O)OC(C)(C)C(F)(F)F)C(=O)N4C3)c2cc1F. The maximum atomic E-state index is 14.9. The Balaban J connectivity index is 1.36. The van der Waals surface area contributed by atoms with Crippen LogP contribution in [0.3, 0.4) is 0 Å². The molecule has 1 saturated heterocycles. The number of hydrogen-bond donors (Lipinski definition) is 1. The van der Waals surface area contributed by atoms with Gasteiger partial charge < -0.3 is 23.8 Å². The number of nitrogens with zero attached hydrogens (tertiary/aromatic N) is 2. The van der Waals surface area contributed by atoms with Gasteiger partial charge in [0.05, 0.1) is 54.4 Å². The summed E-state index contributed by atoms with van der Waals surface area (Å²) in [7, 11) is -2.76. The number of nitrogens with one attached hydrogen (secondary N) is 1. The van der Waals surface area contributed by atoms with E-state index < -0.39 is 110 Å². The van der Waals surface area contributed by atoms with Crippen LogP contribution in [-0.2, 0) is 38.7 Å². The van der Waals surface area contributed by atoms with E-state index in [-0.39, 0.29) is 36.4 Å². The second-order valence-electron chi connectivity index (χ2n) is 16.8. The first-order valence-corrected chi connectivity index (χ1v) is 20.8. The molecule has 2 amide bonds. The first-order valence-electron chi connectivity index (χ1n) is 19.3. The lowest BCUT2D eigenvalue weighted by molar-refractivity contribution is -0.257. The number of alkyl halides is 3. The number of pyridine rings is 1.